The van der Waals surface area contributed by atoms with Crippen LogP contribution in [-0.2, 0) is 0 Å². The zero-order chi connectivity index (χ0) is 26.2. The van der Waals surface area contributed by atoms with Gasteiger partial charge in [0.1, 0.15) is 11.3 Å². The van der Waals surface area contributed by atoms with E-state index in [-0.39, 0.29) is 17.1 Å². The summed E-state index contributed by atoms with van der Waals surface area (Å²) in [5.74, 6) is 1.20. The Hall–Kier alpha value is -5.51. The van der Waals surface area contributed by atoms with Gasteiger partial charge in [0.25, 0.3) is 11.2 Å². The zero-order valence-electron chi connectivity index (χ0n) is 20.0. The summed E-state index contributed by atoms with van der Waals surface area (Å²) < 4.78 is 14.4. The Morgan fingerprint density at radius 1 is 1.00 bits per heavy atom. The highest BCUT2D eigenvalue weighted by Gasteiger charge is 2.18. The van der Waals surface area contributed by atoms with Crippen molar-refractivity contribution in [3.8, 4) is 23.0 Å². The predicted molar refractivity (Wildman–Crippen MR) is 143 cm³/mol. The molecule has 0 N–H and O–H groups in total. The van der Waals surface area contributed by atoms with Gasteiger partial charge in [0.15, 0.2) is 5.76 Å². The number of methoxy groups -OCH3 is 1. The lowest BCUT2D eigenvalue weighted by atomic mass is 10.2. The average molecular weight is 505 g/mol. The molecular formula is C28H19N5O5. The lowest BCUT2D eigenvalue weighted by molar-refractivity contribution is -0.384. The van der Waals surface area contributed by atoms with Crippen molar-refractivity contribution in [1.29, 1.82) is 0 Å². The van der Waals surface area contributed by atoms with Crippen molar-refractivity contribution in [2.45, 2.75) is 0 Å². The Morgan fingerprint density at radius 2 is 1.84 bits per heavy atom. The second kappa shape index (κ2) is 9.17. The molecule has 0 fully saturated rings. The molecule has 0 saturated carbocycles. The highest BCUT2D eigenvalue weighted by Crippen LogP contribution is 2.33. The third-order valence-corrected chi connectivity index (χ3v) is 6.12. The van der Waals surface area contributed by atoms with Crippen molar-refractivity contribution in [3.63, 3.8) is 0 Å². The van der Waals surface area contributed by atoms with Crippen LogP contribution in [0.3, 0.4) is 0 Å². The van der Waals surface area contributed by atoms with Crippen LogP contribution in [-0.4, -0.2) is 32.5 Å². The van der Waals surface area contributed by atoms with E-state index < -0.39 is 4.92 Å². The van der Waals surface area contributed by atoms with Crippen LogP contribution in [0, 0.1) is 10.1 Å². The Kier molecular flexibility index (Phi) is 5.53. The highest BCUT2D eigenvalue weighted by molar-refractivity contribution is 5.88. The molecule has 0 bridgehead atoms. The molecule has 0 aliphatic heterocycles. The van der Waals surface area contributed by atoms with E-state index in [9.17, 15) is 14.9 Å². The van der Waals surface area contributed by atoms with Crippen LogP contribution in [0.2, 0.25) is 0 Å². The van der Waals surface area contributed by atoms with Crippen LogP contribution in [0.4, 0.5) is 5.69 Å². The minimum Gasteiger partial charge on any atom is -0.496 e. The van der Waals surface area contributed by atoms with E-state index in [2.05, 4.69) is 5.10 Å². The van der Waals surface area contributed by atoms with E-state index in [0.29, 0.717) is 39.4 Å². The van der Waals surface area contributed by atoms with Crippen molar-refractivity contribution in [2.75, 3.05) is 7.11 Å². The van der Waals surface area contributed by atoms with Crippen LogP contribution in [0.1, 0.15) is 5.69 Å². The fourth-order valence-electron chi connectivity index (χ4n) is 4.32. The number of fused-ring (bicyclic) bond motifs is 2. The first-order chi connectivity index (χ1) is 18.5. The largest absolute Gasteiger partial charge is 0.496 e. The van der Waals surface area contributed by atoms with Crippen molar-refractivity contribution < 1.29 is 14.1 Å². The van der Waals surface area contributed by atoms with E-state index in [0.717, 1.165) is 5.39 Å². The summed E-state index contributed by atoms with van der Waals surface area (Å²) in [7, 11) is 1.58. The number of nitro benzene ring substituents is 1. The standard InChI is InChI=1S/C28H19N5O5/c1-37-24-12-5-13-25-22(24)16-26(38-25)27-30-23-11-3-2-10-21(23)28(34)32(27)29-17-20-9-6-14-31(20)18-7-4-8-19(15-18)33(35)36/h2-17H,1H3. The molecule has 10 nitrogen and oxygen atoms in total. The average Bonchev–Trinajstić information content (AvgIpc) is 3.59. The minimum absolute atomic E-state index is 0.0309. The predicted octanol–water partition coefficient (Wildman–Crippen LogP) is 5.40. The first kappa shape index (κ1) is 22.9. The smallest absolute Gasteiger partial charge is 0.282 e. The summed E-state index contributed by atoms with van der Waals surface area (Å²) in [4.78, 5) is 29.1. The monoisotopic (exact) mass is 505 g/mol. The van der Waals surface area contributed by atoms with Gasteiger partial charge in [-0.3, -0.25) is 14.9 Å². The number of nitrogens with zero attached hydrogens (tertiary/aromatic N) is 5. The van der Waals surface area contributed by atoms with Gasteiger partial charge in [-0.2, -0.15) is 9.78 Å². The Balaban J connectivity index is 1.51. The van der Waals surface area contributed by atoms with Gasteiger partial charge in [0.2, 0.25) is 5.82 Å². The van der Waals surface area contributed by atoms with Crippen molar-refractivity contribution in [2.24, 2.45) is 5.10 Å². The van der Waals surface area contributed by atoms with Gasteiger partial charge < -0.3 is 13.7 Å². The molecule has 6 aromatic rings. The number of para-hydroxylation sites is 1. The van der Waals surface area contributed by atoms with E-state index in [4.69, 9.17) is 14.1 Å². The number of hydrogen-bond acceptors (Lipinski definition) is 7. The van der Waals surface area contributed by atoms with E-state index in [1.165, 1.54) is 23.0 Å². The number of non-ortho nitro benzene ring substituents is 1. The lowest BCUT2D eigenvalue weighted by Crippen LogP contribution is -2.20. The molecule has 3 aromatic carbocycles. The normalized spacial score (nSPS) is 11.5. The Labute approximate surface area is 214 Å². The molecule has 0 spiro atoms. The van der Waals surface area contributed by atoms with Crippen molar-refractivity contribution in [3.05, 3.63) is 117 Å². The van der Waals surface area contributed by atoms with Crippen LogP contribution in [0.25, 0.3) is 39.1 Å². The molecule has 6 rings (SSSR count). The third kappa shape index (κ3) is 3.90. The first-order valence-corrected chi connectivity index (χ1v) is 11.6. The van der Waals surface area contributed by atoms with Gasteiger partial charge in [-0.15, -0.1) is 0 Å². The maximum Gasteiger partial charge on any atom is 0.282 e. The van der Waals surface area contributed by atoms with Gasteiger partial charge in [-0.05, 0) is 48.5 Å². The van der Waals surface area contributed by atoms with Crippen LogP contribution in [0.15, 0.2) is 105 Å². The Morgan fingerprint density at radius 3 is 2.68 bits per heavy atom. The molecule has 3 aromatic heterocycles. The molecule has 0 aliphatic rings. The number of hydrogen-bond donors (Lipinski definition) is 0. The quantitative estimate of drug-likeness (QED) is 0.170. The number of nitro groups is 1. The van der Waals surface area contributed by atoms with E-state index in [1.54, 1.807) is 78.5 Å². The van der Waals surface area contributed by atoms with Crippen LogP contribution < -0.4 is 10.3 Å². The lowest BCUT2D eigenvalue weighted by Gasteiger charge is -2.08. The summed E-state index contributed by atoms with van der Waals surface area (Å²) >= 11 is 0. The second-order valence-corrected chi connectivity index (χ2v) is 8.38. The van der Waals surface area contributed by atoms with Gasteiger partial charge in [-0.1, -0.05) is 24.3 Å². The summed E-state index contributed by atoms with van der Waals surface area (Å²) in [6.07, 6.45) is 3.26. The molecule has 0 amide bonds. The highest BCUT2D eigenvalue weighted by atomic mass is 16.6. The van der Waals surface area contributed by atoms with Crippen molar-refractivity contribution >= 4 is 33.8 Å². The Bertz CT molecular complexity index is 1930. The minimum atomic E-state index is -0.449. The van der Waals surface area contributed by atoms with Crippen LogP contribution in [0.5, 0.6) is 5.75 Å². The summed E-state index contributed by atoms with van der Waals surface area (Å²) in [5.41, 5.74) is 1.87. The number of ether oxygens (including phenoxy) is 1. The molecule has 3 heterocycles. The van der Waals surface area contributed by atoms with E-state index >= 15 is 0 Å². The topological polar surface area (TPSA) is 118 Å². The molecular weight excluding hydrogens is 486 g/mol. The maximum absolute atomic E-state index is 13.6. The third-order valence-electron chi connectivity index (χ3n) is 6.12. The summed E-state index contributed by atoms with van der Waals surface area (Å²) in [5, 5.41) is 16.9. The number of benzene rings is 3. The second-order valence-electron chi connectivity index (χ2n) is 8.38. The summed E-state index contributed by atoms with van der Waals surface area (Å²) in [6, 6.07) is 24.0. The molecule has 186 valence electrons. The number of aromatic nitrogens is 3. The van der Waals surface area contributed by atoms with Crippen molar-refractivity contribution in [1.82, 2.24) is 14.2 Å². The summed E-state index contributed by atoms with van der Waals surface area (Å²) in [6.45, 7) is 0. The molecule has 0 saturated heterocycles. The molecule has 0 atom stereocenters. The van der Waals surface area contributed by atoms with Gasteiger partial charge in [0, 0.05) is 18.3 Å². The maximum atomic E-state index is 13.6. The van der Waals surface area contributed by atoms with Gasteiger partial charge >= 0.3 is 0 Å². The molecule has 38 heavy (non-hydrogen) atoms. The number of rotatable bonds is 6. The fourth-order valence-corrected chi connectivity index (χ4v) is 4.32. The van der Waals surface area contributed by atoms with Crippen LogP contribution >= 0.6 is 0 Å². The first-order valence-electron chi connectivity index (χ1n) is 11.6. The fraction of sp³-hybridized carbons (Fsp3) is 0.0357. The molecule has 10 heteroatoms. The molecule has 0 aliphatic carbocycles. The van der Waals surface area contributed by atoms with Gasteiger partial charge in [-0.25, -0.2) is 4.98 Å². The van der Waals surface area contributed by atoms with Gasteiger partial charge in [0.05, 0.1) is 45.9 Å². The SMILES string of the molecule is COc1cccc2oc(-c3nc4ccccc4c(=O)n3N=Cc3cccn3-c3cccc([N+](=O)[O-])c3)cc12. The molecule has 0 unspecified atom stereocenters. The zero-order valence-corrected chi connectivity index (χ0v) is 20.0. The van der Waals surface area contributed by atoms with E-state index in [1.807, 2.05) is 12.1 Å². The molecule has 0 radical (unpaired) electrons. The number of furan rings is 1.